The Morgan fingerprint density at radius 3 is 2.43 bits per heavy atom. The van der Waals surface area contributed by atoms with Crippen LogP contribution in [0.3, 0.4) is 0 Å². The fraction of sp³-hybridized carbons (Fsp3) is 0.250. The molecule has 1 amide bonds. The fourth-order valence-corrected chi connectivity index (χ4v) is 3.94. The van der Waals surface area contributed by atoms with E-state index < -0.39 is 0 Å². The van der Waals surface area contributed by atoms with Gasteiger partial charge in [0.1, 0.15) is 6.29 Å². The van der Waals surface area contributed by atoms with Crippen LogP contribution in [0.4, 0.5) is 11.4 Å². The third-order valence-corrected chi connectivity index (χ3v) is 5.65. The first-order chi connectivity index (χ1) is 13.7. The van der Waals surface area contributed by atoms with Crippen molar-refractivity contribution < 1.29 is 9.59 Å². The van der Waals surface area contributed by atoms with Crippen LogP contribution in [-0.4, -0.2) is 25.3 Å². The normalized spacial score (nSPS) is 14.8. The standard InChI is InChI=1S/C24H24N2O2/c1-17-6-9-19-4-2-3-5-22(19)23(17)25-24(28)20-12-14-26(15-13-20)21-10-7-18(16-27)8-11-21/h2-11,16,20H,12-15H2,1H3,(H,25,28). The highest BCUT2D eigenvalue weighted by molar-refractivity contribution is 6.04. The van der Waals surface area contributed by atoms with Crippen molar-refractivity contribution in [1.82, 2.24) is 0 Å². The van der Waals surface area contributed by atoms with Crippen molar-refractivity contribution >= 4 is 34.3 Å². The van der Waals surface area contributed by atoms with Gasteiger partial charge in [-0.2, -0.15) is 0 Å². The van der Waals surface area contributed by atoms with Crippen molar-refractivity contribution in [2.45, 2.75) is 19.8 Å². The summed E-state index contributed by atoms with van der Waals surface area (Å²) in [6, 6.07) is 19.9. The number of aldehydes is 1. The molecular weight excluding hydrogens is 348 g/mol. The minimum atomic E-state index is 0.0175. The molecule has 0 bridgehead atoms. The van der Waals surface area contributed by atoms with Gasteiger partial charge >= 0.3 is 0 Å². The number of aryl methyl sites for hydroxylation is 1. The number of nitrogens with one attached hydrogen (secondary N) is 1. The summed E-state index contributed by atoms with van der Waals surface area (Å²) in [7, 11) is 0. The van der Waals surface area contributed by atoms with Gasteiger partial charge in [0.2, 0.25) is 5.91 Å². The maximum atomic E-state index is 12.9. The highest BCUT2D eigenvalue weighted by Gasteiger charge is 2.25. The smallest absolute Gasteiger partial charge is 0.227 e. The number of piperidine rings is 1. The lowest BCUT2D eigenvalue weighted by atomic mass is 9.94. The van der Waals surface area contributed by atoms with Crippen molar-refractivity contribution in [3.63, 3.8) is 0 Å². The third kappa shape index (κ3) is 3.63. The van der Waals surface area contributed by atoms with E-state index in [0.717, 1.165) is 59.9 Å². The van der Waals surface area contributed by atoms with Crippen molar-refractivity contribution in [1.29, 1.82) is 0 Å². The van der Waals surface area contributed by atoms with Crippen LogP contribution in [0, 0.1) is 12.8 Å². The van der Waals surface area contributed by atoms with Gasteiger partial charge in [-0.25, -0.2) is 0 Å². The highest BCUT2D eigenvalue weighted by Crippen LogP contribution is 2.29. The average molecular weight is 372 g/mol. The molecule has 3 aromatic rings. The summed E-state index contributed by atoms with van der Waals surface area (Å²) in [5.41, 5.74) is 3.80. The van der Waals surface area contributed by atoms with Crippen molar-refractivity contribution in [2.75, 3.05) is 23.3 Å². The van der Waals surface area contributed by atoms with E-state index >= 15 is 0 Å². The number of nitrogens with zero attached hydrogens (tertiary/aromatic N) is 1. The second kappa shape index (κ2) is 7.85. The fourth-order valence-electron chi connectivity index (χ4n) is 3.94. The van der Waals surface area contributed by atoms with Gasteiger partial charge in [0.15, 0.2) is 0 Å². The number of hydrogen-bond acceptors (Lipinski definition) is 3. The van der Waals surface area contributed by atoms with E-state index in [2.05, 4.69) is 34.5 Å². The van der Waals surface area contributed by atoms with E-state index in [9.17, 15) is 9.59 Å². The van der Waals surface area contributed by atoms with Gasteiger partial charge in [0.05, 0.1) is 5.69 Å². The van der Waals surface area contributed by atoms with Gasteiger partial charge in [-0.1, -0.05) is 36.4 Å². The first kappa shape index (κ1) is 18.2. The predicted molar refractivity (Wildman–Crippen MR) is 114 cm³/mol. The molecule has 1 aliphatic heterocycles. The molecule has 4 heteroatoms. The van der Waals surface area contributed by atoms with Crippen LogP contribution in [0.5, 0.6) is 0 Å². The number of carbonyl (C=O) groups excluding carboxylic acids is 2. The molecule has 1 aliphatic rings. The van der Waals surface area contributed by atoms with Crippen LogP contribution in [0.25, 0.3) is 10.8 Å². The van der Waals surface area contributed by atoms with Gasteiger partial charge in [0.25, 0.3) is 0 Å². The summed E-state index contributed by atoms with van der Waals surface area (Å²) in [5, 5.41) is 5.42. The summed E-state index contributed by atoms with van der Waals surface area (Å²) >= 11 is 0. The van der Waals surface area contributed by atoms with Crippen LogP contribution in [-0.2, 0) is 4.79 Å². The number of hydrogen-bond donors (Lipinski definition) is 1. The molecule has 0 aliphatic carbocycles. The highest BCUT2D eigenvalue weighted by atomic mass is 16.1. The minimum Gasteiger partial charge on any atom is -0.371 e. The monoisotopic (exact) mass is 372 g/mol. The number of carbonyl (C=O) groups is 2. The Bertz CT molecular complexity index is 1000. The molecule has 0 unspecified atom stereocenters. The van der Waals surface area contributed by atoms with E-state index in [1.807, 2.05) is 43.3 Å². The van der Waals surface area contributed by atoms with Crippen LogP contribution < -0.4 is 10.2 Å². The lowest BCUT2D eigenvalue weighted by molar-refractivity contribution is -0.120. The summed E-state index contributed by atoms with van der Waals surface area (Å²) in [5.74, 6) is 0.124. The number of amides is 1. The minimum absolute atomic E-state index is 0.0175. The second-order valence-corrected chi connectivity index (χ2v) is 7.44. The van der Waals surface area contributed by atoms with Crippen LogP contribution >= 0.6 is 0 Å². The van der Waals surface area contributed by atoms with Crippen LogP contribution in [0.1, 0.15) is 28.8 Å². The molecule has 142 valence electrons. The van der Waals surface area contributed by atoms with Crippen LogP contribution in [0.2, 0.25) is 0 Å². The Morgan fingerprint density at radius 1 is 1.00 bits per heavy atom. The van der Waals surface area contributed by atoms with Crippen LogP contribution in [0.15, 0.2) is 60.7 Å². The zero-order valence-corrected chi connectivity index (χ0v) is 16.0. The lowest BCUT2D eigenvalue weighted by Crippen LogP contribution is -2.38. The molecule has 1 fully saturated rings. The number of benzene rings is 3. The summed E-state index contributed by atoms with van der Waals surface area (Å²) in [4.78, 5) is 26.0. The zero-order chi connectivity index (χ0) is 19.5. The topological polar surface area (TPSA) is 49.4 Å². The van der Waals surface area contributed by atoms with E-state index in [1.165, 1.54) is 0 Å². The van der Waals surface area contributed by atoms with Gasteiger partial charge in [0, 0.05) is 35.6 Å². The maximum Gasteiger partial charge on any atom is 0.227 e. The Morgan fingerprint density at radius 2 is 1.71 bits per heavy atom. The van der Waals surface area contributed by atoms with Gasteiger partial charge < -0.3 is 10.2 Å². The first-order valence-corrected chi connectivity index (χ1v) is 9.75. The Balaban J connectivity index is 1.43. The summed E-state index contributed by atoms with van der Waals surface area (Å²) < 4.78 is 0. The molecule has 0 atom stereocenters. The third-order valence-electron chi connectivity index (χ3n) is 5.65. The molecular formula is C24H24N2O2. The lowest BCUT2D eigenvalue weighted by Gasteiger charge is -2.33. The number of fused-ring (bicyclic) bond motifs is 1. The Hall–Kier alpha value is -3.14. The van der Waals surface area contributed by atoms with Gasteiger partial charge in [-0.3, -0.25) is 9.59 Å². The molecule has 4 nitrogen and oxygen atoms in total. The molecule has 0 aromatic heterocycles. The molecule has 0 spiro atoms. The second-order valence-electron chi connectivity index (χ2n) is 7.44. The number of rotatable bonds is 4. The quantitative estimate of drug-likeness (QED) is 0.668. The largest absolute Gasteiger partial charge is 0.371 e. The van der Waals surface area contributed by atoms with E-state index in [4.69, 9.17) is 0 Å². The van der Waals surface area contributed by atoms with E-state index in [0.29, 0.717) is 5.56 Å². The molecule has 1 saturated heterocycles. The van der Waals surface area contributed by atoms with E-state index in [-0.39, 0.29) is 11.8 Å². The molecule has 1 heterocycles. The van der Waals surface area contributed by atoms with Gasteiger partial charge in [-0.05, 0) is 55.0 Å². The van der Waals surface area contributed by atoms with Crippen molar-refractivity contribution in [3.8, 4) is 0 Å². The molecule has 28 heavy (non-hydrogen) atoms. The molecule has 3 aromatic carbocycles. The van der Waals surface area contributed by atoms with E-state index in [1.54, 1.807) is 0 Å². The number of anilines is 2. The van der Waals surface area contributed by atoms with Crippen molar-refractivity contribution in [3.05, 3.63) is 71.8 Å². The molecule has 4 rings (SSSR count). The predicted octanol–water partition coefficient (Wildman–Crippen LogP) is 4.82. The molecule has 0 saturated carbocycles. The average Bonchev–Trinajstić information content (AvgIpc) is 2.76. The molecule has 1 N–H and O–H groups in total. The SMILES string of the molecule is Cc1ccc2ccccc2c1NC(=O)C1CCN(c2ccc(C=O)cc2)CC1. The Labute approximate surface area is 165 Å². The summed E-state index contributed by atoms with van der Waals surface area (Å²) in [6.07, 6.45) is 2.51. The first-order valence-electron chi connectivity index (χ1n) is 9.75. The maximum absolute atomic E-state index is 12.9. The van der Waals surface area contributed by atoms with Gasteiger partial charge in [-0.15, -0.1) is 0 Å². The Kier molecular flexibility index (Phi) is 5.11. The van der Waals surface area contributed by atoms with Crippen molar-refractivity contribution in [2.24, 2.45) is 5.92 Å². The summed E-state index contributed by atoms with van der Waals surface area (Å²) in [6.45, 7) is 3.72. The zero-order valence-electron chi connectivity index (χ0n) is 16.0. The molecule has 0 radical (unpaired) electrons.